The largest absolute Gasteiger partial charge is 0.353 e. The van der Waals surface area contributed by atoms with E-state index in [1.807, 2.05) is 0 Å². The minimum absolute atomic E-state index is 0.283. The van der Waals surface area contributed by atoms with Gasteiger partial charge in [-0.15, -0.1) is 0 Å². The van der Waals surface area contributed by atoms with E-state index in [0.29, 0.717) is 18.2 Å². The molecular formula is C19H26N2O2. The zero-order valence-corrected chi connectivity index (χ0v) is 13.9. The predicted octanol–water partition coefficient (Wildman–Crippen LogP) is 2.64. The van der Waals surface area contributed by atoms with Crippen molar-refractivity contribution < 1.29 is 9.53 Å². The molecule has 23 heavy (non-hydrogen) atoms. The van der Waals surface area contributed by atoms with Crippen LogP contribution in [0.25, 0.3) is 0 Å². The molecule has 1 aromatic carbocycles. The Morgan fingerprint density at radius 1 is 1.30 bits per heavy atom. The standard InChI is InChI=1S/C19H26N2O2/c1-2-17-14-23-19-10-11-20(12-15-6-4-3-5-7-15)13-16(19)8-9-18(22)21(17)19/h3-7,16-17H,2,8-14H2,1H3/t16-,17+,19-/m1/s1. The summed E-state index contributed by atoms with van der Waals surface area (Å²) in [6, 6.07) is 10.9. The number of rotatable bonds is 3. The summed E-state index contributed by atoms with van der Waals surface area (Å²) < 4.78 is 6.30. The molecule has 3 aliphatic heterocycles. The van der Waals surface area contributed by atoms with E-state index in [1.54, 1.807) is 0 Å². The fourth-order valence-corrected chi connectivity index (χ4v) is 4.70. The third-order valence-corrected chi connectivity index (χ3v) is 5.90. The lowest BCUT2D eigenvalue weighted by molar-refractivity contribution is -0.192. The zero-order valence-electron chi connectivity index (χ0n) is 13.9. The smallest absolute Gasteiger partial charge is 0.225 e. The van der Waals surface area contributed by atoms with E-state index in [0.717, 1.165) is 45.5 Å². The third kappa shape index (κ3) is 2.48. The molecule has 3 fully saturated rings. The SMILES string of the molecule is CC[C@H]1CO[C@]23CCN(Cc4ccccc4)C[C@H]2CCC(=O)N13. The van der Waals surface area contributed by atoms with Gasteiger partial charge in [-0.1, -0.05) is 37.3 Å². The summed E-state index contributed by atoms with van der Waals surface area (Å²) in [5, 5.41) is 0. The van der Waals surface area contributed by atoms with Crippen molar-refractivity contribution in [1.29, 1.82) is 0 Å². The number of hydrogen-bond donors (Lipinski definition) is 0. The van der Waals surface area contributed by atoms with Gasteiger partial charge in [-0.3, -0.25) is 9.69 Å². The molecule has 4 rings (SSSR count). The number of likely N-dealkylation sites (tertiary alicyclic amines) is 1. The van der Waals surface area contributed by atoms with Crippen molar-refractivity contribution >= 4 is 5.91 Å². The van der Waals surface area contributed by atoms with E-state index in [4.69, 9.17) is 4.74 Å². The maximum absolute atomic E-state index is 12.5. The molecule has 0 saturated carbocycles. The van der Waals surface area contributed by atoms with Gasteiger partial charge in [-0.05, 0) is 18.4 Å². The van der Waals surface area contributed by atoms with Crippen molar-refractivity contribution in [3.8, 4) is 0 Å². The summed E-state index contributed by atoms with van der Waals surface area (Å²) in [4.78, 5) is 17.2. The van der Waals surface area contributed by atoms with Gasteiger partial charge < -0.3 is 9.64 Å². The Kier molecular flexibility index (Phi) is 3.90. The van der Waals surface area contributed by atoms with E-state index in [9.17, 15) is 4.79 Å². The van der Waals surface area contributed by atoms with Crippen molar-refractivity contribution in [3.05, 3.63) is 35.9 Å². The molecule has 4 nitrogen and oxygen atoms in total. The van der Waals surface area contributed by atoms with E-state index in [-0.39, 0.29) is 11.8 Å². The van der Waals surface area contributed by atoms with Gasteiger partial charge in [-0.2, -0.15) is 0 Å². The van der Waals surface area contributed by atoms with E-state index >= 15 is 0 Å². The first-order valence-corrected chi connectivity index (χ1v) is 8.95. The minimum Gasteiger partial charge on any atom is -0.353 e. The predicted molar refractivity (Wildman–Crippen MR) is 88.7 cm³/mol. The van der Waals surface area contributed by atoms with Crippen molar-refractivity contribution in [1.82, 2.24) is 9.80 Å². The lowest BCUT2D eigenvalue weighted by atomic mass is 9.79. The number of nitrogens with zero attached hydrogens (tertiary/aromatic N) is 2. The maximum Gasteiger partial charge on any atom is 0.225 e. The molecule has 0 N–H and O–H groups in total. The highest BCUT2D eigenvalue weighted by Gasteiger charge is 2.58. The topological polar surface area (TPSA) is 32.8 Å². The van der Waals surface area contributed by atoms with Crippen LogP contribution < -0.4 is 0 Å². The second-order valence-electron chi connectivity index (χ2n) is 7.19. The molecule has 3 atom stereocenters. The van der Waals surface area contributed by atoms with Gasteiger partial charge in [0.05, 0.1) is 12.6 Å². The molecule has 1 aromatic rings. The fraction of sp³-hybridized carbons (Fsp3) is 0.632. The summed E-state index contributed by atoms with van der Waals surface area (Å²) in [5.41, 5.74) is 1.06. The molecule has 0 bridgehead atoms. The van der Waals surface area contributed by atoms with Gasteiger partial charge in [0.1, 0.15) is 5.72 Å². The normalized spacial score (nSPS) is 34.3. The van der Waals surface area contributed by atoms with Crippen LogP contribution >= 0.6 is 0 Å². The van der Waals surface area contributed by atoms with Crippen LogP contribution in [-0.2, 0) is 16.1 Å². The number of hydrogen-bond acceptors (Lipinski definition) is 3. The minimum atomic E-state index is -0.302. The lowest BCUT2D eigenvalue weighted by Gasteiger charge is -2.52. The van der Waals surface area contributed by atoms with Gasteiger partial charge in [0.15, 0.2) is 0 Å². The highest BCUT2D eigenvalue weighted by molar-refractivity contribution is 5.78. The van der Waals surface area contributed by atoms with E-state index in [2.05, 4.69) is 47.1 Å². The molecule has 124 valence electrons. The number of carbonyl (C=O) groups is 1. The average molecular weight is 314 g/mol. The van der Waals surface area contributed by atoms with Gasteiger partial charge in [0, 0.05) is 38.4 Å². The van der Waals surface area contributed by atoms with Crippen LogP contribution in [0.3, 0.4) is 0 Å². The molecule has 0 radical (unpaired) electrons. The van der Waals surface area contributed by atoms with Gasteiger partial charge in [-0.25, -0.2) is 0 Å². The molecule has 3 saturated heterocycles. The van der Waals surface area contributed by atoms with Crippen LogP contribution in [0.15, 0.2) is 30.3 Å². The van der Waals surface area contributed by atoms with Crippen LogP contribution in [-0.4, -0.2) is 47.2 Å². The summed E-state index contributed by atoms with van der Waals surface area (Å²) >= 11 is 0. The number of amides is 1. The van der Waals surface area contributed by atoms with E-state index < -0.39 is 0 Å². The van der Waals surface area contributed by atoms with Gasteiger partial charge in [0.25, 0.3) is 0 Å². The highest BCUT2D eigenvalue weighted by atomic mass is 16.5. The summed E-state index contributed by atoms with van der Waals surface area (Å²) in [5.74, 6) is 0.760. The molecule has 3 aliphatic rings. The van der Waals surface area contributed by atoms with Crippen molar-refractivity contribution in [2.24, 2.45) is 5.92 Å². The maximum atomic E-state index is 12.5. The zero-order chi connectivity index (χ0) is 15.9. The first kappa shape index (κ1) is 15.2. The Hall–Kier alpha value is -1.39. The number of carbonyl (C=O) groups excluding carboxylic acids is 1. The molecule has 4 heteroatoms. The molecular weight excluding hydrogens is 288 g/mol. The third-order valence-electron chi connectivity index (χ3n) is 5.90. The lowest BCUT2D eigenvalue weighted by Crippen LogP contribution is -2.64. The van der Waals surface area contributed by atoms with Crippen LogP contribution in [0.4, 0.5) is 0 Å². The molecule has 1 amide bonds. The Bertz CT molecular complexity index is 576. The Balaban J connectivity index is 1.51. The summed E-state index contributed by atoms with van der Waals surface area (Å²) in [6.45, 7) is 5.92. The fourth-order valence-electron chi connectivity index (χ4n) is 4.70. The summed E-state index contributed by atoms with van der Waals surface area (Å²) in [7, 11) is 0. The first-order valence-electron chi connectivity index (χ1n) is 8.95. The molecule has 1 spiro atoms. The second kappa shape index (κ2) is 5.91. The monoisotopic (exact) mass is 314 g/mol. The highest BCUT2D eigenvalue weighted by Crippen LogP contribution is 2.46. The molecule has 0 aromatic heterocycles. The number of ether oxygens (including phenoxy) is 1. The van der Waals surface area contributed by atoms with Crippen LogP contribution in [0.1, 0.15) is 38.2 Å². The van der Waals surface area contributed by atoms with Crippen LogP contribution in [0, 0.1) is 5.92 Å². The Labute approximate surface area is 138 Å². The second-order valence-corrected chi connectivity index (χ2v) is 7.19. The molecule has 0 unspecified atom stereocenters. The van der Waals surface area contributed by atoms with Crippen LogP contribution in [0.2, 0.25) is 0 Å². The number of piperidine rings is 2. The molecule has 0 aliphatic carbocycles. The van der Waals surface area contributed by atoms with E-state index in [1.165, 1.54) is 5.56 Å². The van der Waals surface area contributed by atoms with Gasteiger partial charge in [0.2, 0.25) is 5.91 Å². The summed E-state index contributed by atoms with van der Waals surface area (Å²) in [6.07, 6.45) is 3.60. The van der Waals surface area contributed by atoms with Crippen molar-refractivity contribution in [2.45, 2.75) is 50.9 Å². The number of benzene rings is 1. The van der Waals surface area contributed by atoms with Gasteiger partial charge >= 0.3 is 0 Å². The average Bonchev–Trinajstić information content (AvgIpc) is 2.96. The first-order chi connectivity index (χ1) is 11.2. The van der Waals surface area contributed by atoms with Crippen molar-refractivity contribution in [3.63, 3.8) is 0 Å². The van der Waals surface area contributed by atoms with Crippen LogP contribution in [0.5, 0.6) is 0 Å². The van der Waals surface area contributed by atoms with Crippen molar-refractivity contribution in [2.75, 3.05) is 19.7 Å². The quantitative estimate of drug-likeness (QED) is 0.860. The Morgan fingerprint density at radius 2 is 2.13 bits per heavy atom. The Morgan fingerprint density at radius 3 is 2.91 bits per heavy atom. The molecule has 3 heterocycles.